The van der Waals surface area contributed by atoms with Crippen LogP contribution >= 0.6 is 7.82 Å². The summed E-state index contributed by atoms with van der Waals surface area (Å²) >= 11 is 0. The first-order valence-corrected chi connectivity index (χ1v) is 32.2. The molecule has 0 saturated carbocycles. The summed E-state index contributed by atoms with van der Waals surface area (Å²) in [6.07, 6.45) is 86.6. The molecule has 2 atom stereocenters. The monoisotopic (exact) mass is 1090 g/mol. The number of allylic oxidation sites excluding steroid dienone is 22. The molecular formula is C67H112NO8P. The number of unbranched alkanes of at least 4 members (excludes halogenated alkanes) is 21. The average molecular weight is 1090 g/mol. The zero-order valence-electron chi connectivity index (χ0n) is 48.9. The van der Waals surface area contributed by atoms with Crippen LogP contribution in [-0.2, 0) is 32.7 Å². The van der Waals surface area contributed by atoms with E-state index in [2.05, 4.69) is 148 Å². The lowest BCUT2D eigenvalue weighted by Gasteiger charge is -2.19. The quantitative estimate of drug-likeness (QED) is 0.0264. The smallest absolute Gasteiger partial charge is 0.462 e. The fourth-order valence-corrected chi connectivity index (χ4v) is 8.82. The van der Waals surface area contributed by atoms with Gasteiger partial charge in [0.25, 0.3) is 0 Å². The molecule has 0 aliphatic carbocycles. The fraction of sp³-hybridized carbons (Fsp3) is 0.642. The summed E-state index contributed by atoms with van der Waals surface area (Å²) in [6, 6.07) is 0. The highest BCUT2D eigenvalue weighted by Crippen LogP contribution is 2.43. The summed E-state index contributed by atoms with van der Waals surface area (Å²) in [4.78, 5) is 35.1. The molecule has 9 nitrogen and oxygen atoms in total. The zero-order chi connectivity index (χ0) is 55.9. The van der Waals surface area contributed by atoms with Crippen molar-refractivity contribution in [1.82, 2.24) is 0 Å². The van der Waals surface area contributed by atoms with Gasteiger partial charge >= 0.3 is 19.8 Å². The Morgan fingerprint density at radius 2 is 0.714 bits per heavy atom. The van der Waals surface area contributed by atoms with Crippen molar-refractivity contribution < 1.29 is 37.6 Å². The summed E-state index contributed by atoms with van der Waals surface area (Å²) in [7, 11) is -4.40. The van der Waals surface area contributed by atoms with Gasteiger partial charge < -0.3 is 20.1 Å². The summed E-state index contributed by atoms with van der Waals surface area (Å²) in [5.41, 5.74) is 5.38. The predicted octanol–water partition coefficient (Wildman–Crippen LogP) is 19.7. The van der Waals surface area contributed by atoms with Crippen molar-refractivity contribution in [3.05, 3.63) is 134 Å². The molecule has 0 aromatic heterocycles. The van der Waals surface area contributed by atoms with Crippen molar-refractivity contribution in [1.29, 1.82) is 0 Å². The lowest BCUT2D eigenvalue weighted by Crippen LogP contribution is -2.29. The summed E-state index contributed by atoms with van der Waals surface area (Å²) in [6.45, 7) is 3.61. The first-order chi connectivity index (χ1) is 37.8. The van der Waals surface area contributed by atoms with Gasteiger partial charge in [0.1, 0.15) is 6.61 Å². The molecule has 0 saturated heterocycles. The molecule has 3 N–H and O–H groups in total. The molecule has 0 amide bonds. The minimum absolute atomic E-state index is 0.0466. The van der Waals surface area contributed by atoms with Gasteiger partial charge in [-0.1, -0.05) is 270 Å². The molecule has 0 aliphatic heterocycles. The zero-order valence-corrected chi connectivity index (χ0v) is 49.8. The van der Waals surface area contributed by atoms with Crippen molar-refractivity contribution in [2.24, 2.45) is 5.73 Å². The molecule has 0 heterocycles. The van der Waals surface area contributed by atoms with Crippen LogP contribution in [0.3, 0.4) is 0 Å². The lowest BCUT2D eigenvalue weighted by atomic mass is 10.0. The van der Waals surface area contributed by atoms with Crippen LogP contribution in [0, 0.1) is 0 Å². The molecule has 0 radical (unpaired) electrons. The molecule has 0 bridgehead atoms. The molecule has 0 rings (SSSR count). The van der Waals surface area contributed by atoms with Crippen molar-refractivity contribution in [3.63, 3.8) is 0 Å². The van der Waals surface area contributed by atoms with Crippen LogP contribution in [0.1, 0.15) is 245 Å². The molecule has 0 aromatic carbocycles. The topological polar surface area (TPSA) is 134 Å². The Balaban J connectivity index is 3.99. The SMILES string of the molecule is CC/C=C\C/C=C\C/C=C\C/C=C\C/C=C\C/C=C\C/C=C\C/C=C\C/C=C\C/C=C\C/C=C\CCCCCCCCCC(=O)OC(COC(=O)CCCCCCCCCCCCCCCCC)COP(=O)(O)OCCN. The average Bonchev–Trinajstić information content (AvgIpc) is 3.42. The van der Waals surface area contributed by atoms with Gasteiger partial charge in [0.05, 0.1) is 13.2 Å². The van der Waals surface area contributed by atoms with E-state index in [1.54, 1.807) is 0 Å². The highest BCUT2D eigenvalue weighted by atomic mass is 31.2. The minimum Gasteiger partial charge on any atom is -0.462 e. The molecule has 2 unspecified atom stereocenters. The van der Waals surface area contributed by atoms with E-state index < -0.39 is 26.5 Å². The summed E-state index contributed by atoms with van der Waals surface area (Å²) in [5.74, 6) is -0.842. The highest BCUT2D eigenvalue weighted by Gasteiger charge is 2.26. The normalized spacial score (nSPS) is 14.0. The van der Waals surface area contributed by atoms with E-state index in [1.807, 2.05) is 0 Å². The van der Waals surface area contributed by atoms with Crippen LogP contribution in [-0.4, -0.2) is 49.3 Å². The van der Waals surface area contributed by atoms with E-state index in [9.17, 15) is 19.0 Å². The molecular weight excluding hydrogens is 978 g/mol. The van der Waals surface area contributed by atoms with E-state index in [0.29, 0.717) is 6.42 Å². The Morgan fingerprint density at radius 3 is 1.06 bits per heavy atom. The standard InChI is InChI=1S/C67H112NO8P/c1-3-5-7-9-11-13-15-17-19-20-21-22-23-24-25-26-27-28-29-30-31-32-33-34-35-36-37-38-39-40-41-42-43-44-46-48-50-52-54-56-58-60-67(70)76-65(64-75-77(71,72)74-62-61-68)63-73-66(69)59-57-55-53-51-49-47-45-18-16-14-12-10-8-6-4-2/h5,7,11,13,17,19,21-22,24-25,27-28,30-31,33-34,36-37,39-40,42-43,65H,3-4,6,8-10,12,14-16,18,20,23,26,29,32,35,38,41,44-64,68H2,1-2H3,(H,71,72)/b7-5-,13-11-,19-17-,22-21-,25-24-,28-27-,31-30-,34-33-,37-36-,40-39-,43-42-. The summed E-state index contributed by atoms with van der Waals surface area (Å²) in [5, 5.41) is 0. The number of carbonyl (C=O) groups is 2. The van der Waals surface area contributed by atoms with Gasteiger partial charge in [-0.05, 0) is 96.3 Å². The molecule has 0 aliphatic rings. The maximum absolute atomic E-state index is 12.7. The number of ether oxygens (including phenoxy) is 2. The first kappa shape index (κ1) is 73.2. The van der Waals surface area contributed by atoms with Crippen LogP contribution in [0.25, 0.3) is 0 Å². The Morgan fingerprint density at radius 1 is 0.403 bits per heavy atom. The van der Waals surface area contributed by atoms with E-state index in [-0.39, 0.29) is 38.6 Å². The molecule has 77 heavy (non-hydrogen) atoms. The second kappa shape index (κ2) is 61.4. The molecule has 0 spiro atoms. The van der Waals surface area contributed by atoms with Crippen molar-refractivity contribution >= 4 is 19.8 Å². The van der Waals surface area contributed by atoms with E-state index in [1.165, 1.54) is 96.3 Å². The minimum atomic E-state index is -4.40. The van der Waals surface area contributed by atoms with E-state index in [4.69, 9.17) is 24.3 Å². The third-order valence-electron chi connectivity index (χ3n) is 12.6. The van der Waals surface area contributed by atoms with Gasteiger partial charge in [0.2, 0.25) is 0 Å². The van der Waals surface area contributed by atoms with E-state index in [0.717, 1.165) is 116 Å². The van der Waals surface area contributed by atoms with Gasteiger partial charge in [-0.2, -0.15) is 0 Å². The van der Waals surface area contributed by atoms with Gasteiger partial charge in [0, 0.05) is 19.4 Å². The van der Waals surface area contributed by atoms with Gasteiger partial charge in [0.15, 0.2) is 6.10 Å². The number of phosphoric ester groups is 1. The van der Waals surface area contributed by atoms with Crippen molar-refractivity contribution in [2.75, 3.05) is 26.4 Å². The Hall–Kier alpha value is -3.85. The molecule has 0 aromatic rings. The largest absolute Gasteiger partial charge is 0.472 e. The number of hydrogen-bond donors (Lipinski definition) is 2. The number of rotatable bonds is 56. The van der Waals surface area contributed by atoms with Crippen LogP contribution in [0.2, 0.25) is 0 Å². The van der Waals surface area contributed by atoms with Crippen LogP contribution in [0.4, 0.5) is 0 Å². The van der Waals surface area contributed by atoms with Crippen molar-refractivity contribution in [3.8, 4) is 0 Å². The van der Waals surface area contributed by atoms with E-state index >= 15 is 0 Å². The van der Waals surface area contributed by atoms with Crippen LogP contribution in [0.15, 0.2) is 134 Å². The lowest BCUT2D eigenvalue weighted by molar-refractivity contribution is -0.161. The maximum Gasteiger partial charge on any atom is 0.472 e. The number of esters is 2. The molecule has 438 valence electrons. The number of phosphoric acid groups is 1. The summed E-state index contributed by atoms with van der Waals surface area (Å²) < 4.78 is 33.0. The third kappa shape index (κ3) is 61.2. The Bertz CT molecular complexity index is 1720. The van der Waals surface area contributed by atoms with Crippen LogP contribution in [0.5, 0.6) is 0 Å². The number of carbonyl (C=O) groups excluding carboxylic acids is 2. The van der Waals surface area contributed by atoms with Crippen LogP contribution < -0.4 is 5.73 Å². The fourth-order valence-electron chi connectivity index (χ4n) is 8.05. The highest BCUT2D eigenvalue weighted by molar-refractivity contribution is 7.47. The second-order valence-electron chi connectivity index (χ2n) is 19.8. The third-order valence-corrected chi connectivity index (χ3v) is 13.5. The first-order valence-electron chi connectivity index (χ1n) is 30.7. The number of hydrogen-bond acceptors (Lipinski definition) is 8. The Kier molecular flexibility index (Phi) is 58.3. The molecule has 0 fully saturated rings. The van der Waals surface area contributed by atoms with Gasteiger partial charge in [-0.3, -0.25) is 18.6 Å². The predicted molar refractivity (Wildman–Crippen MR) is 330 cm³/mol. The van der Waals surface area contributed by atoms with Gasteiger partial charge in [-0.15, -0.1) is 0 Å². The molecule has 10 heteroatoms. The number of nitrogens with two attached hydrogens (primary N) is 1. The van der Waals surface area contributed by atoms with Crippen molar-refractivity contribution in [2.45, 2.75) is 251 Å². The van der Waals surface area contributed by atoms with Gasteiger partial charge in [-0.25, -0.2) is 4.57 Å². The Labute approximate surface area is 472 Å². The maximum atomic E-state index is 12.7. The second-order valence-corrected chi connectivity index (χ2v) is 21.3.